The fourth-order valence-corrected chi connectivity index (χ4v) is 3.11. The molecule has 3 atom stereocenters. The average molecular weight is 256 g/mol. The van der Waals surface area contributed by atoms with Crippen LogP contribution in [0.15, 0.2) is 0 Å². The van der Waals surface area contributed by atoms with Crippen molar-refractivity contribution in [2.24, 2.45) is 11.7 Å². The van der Waals surface area contributed by atoms with E-state index in [9.17, 15) is 0 Å². The first-order valence-electron chi connectivity index (χ1n) is 7.36. The summed E-state index contributed by atoms with van der Waals surface area (Å²) >= 11 is 0. The summed E-state index contributed by atoms with van der Waals surface area (Å²) in [7, 11) is 4.03. The molecular weight excluding hydrogens is 224 g/mol. The summed E-state index contributed by atoms with van der Waals surface area (Å²) < 4.78 is 5.55. The topological polar surface area (TPSA) is 38.5 Å². The highest BCUT2D eigenvalue weighted by atomic mass is 16.5. The Morgan fingerprint density at radius 3 is 2.56 bits per heavy atom. The number of rotatable bonds is 6. The molecule has 0 aliphatic heterocycles. The molecule has 0 spiro atoms. The third-order valence-electron chi connectivity index (χ3n) is 4.61. The van der Waals surface area contributed by atoms with E-state index >= 15 is 0 Å². The van der Waals surface area contributed by atoms with E-state index in [1.165, 1.54) is 25.7 Å². The Bertz CT molecular complexity index is 243. The maximum atomic E-state index is 5.98. The quantitative estimate of drug-likeness (QED) is 0.794. The van der Waals surface area contributed by atoms with Crippen molar-refractivity contribution >= 4 is 0 Å². The average Bonchev–Trinajstić information content (AvgIpc) is 2.35. The van der Waals surface area contributed by atoms with Crippen LogP contribution < -0.4 is 5.73 Å². The molecule has 3 unspecified atom stereocenters. The van der Waals surface area contributed by atoms with Gasteiger partial charge < -0.3 is 10.5 Å². The van der Waals surface area contributed by atoms with Crippen LogP contribution in [0.1, 0.15) is 52.9 Å². The smallest absolute Gasteiger partial charge is 0.0638 e. The van der Waals surface area contributed by atoms with Gasteiger partial charge in [-0.15, -0.1) is 0 Å². The highest BCUT2D eigenvalue weighted by molar-refractivity contribution is 4.86. The molecule has 1 saturated carbocycles. The van der Waals surface area contributed by atoms with E-state index < -0.39 is 0 Å². The minimum atomic E-state index is -0.0847. The molecule has 3 nitrogen and oxygen atoms in total. The highest BCUT2D eigenvalue weighted by Crippen LogP contribution is 2.29. The highest BCUT2D eigenvalue weighted by Gasteiger charge is 2.30. The van der Waals surface area contributed by atoms with Crippen molar-refractivity contribution in [1.29, 1.82) is 0 Å². The van der Waals surface area contributed by atoms with Gasteiger partial charge in [-0.2, -0.15) is 0 Å². The zero-order valence-corrected chi connectivity index (χ0v) is 12.9. The molecule has 1 aliphatic rings. The third kappa shape index (κ3) is 4.52. The Morgan fingerprint density at radius 1 is 1.39 bits per heavy atom. The molecular formula is C15H32N2O. The van der Waals surface area contributed by atoms with Crippen LogP contribution in [0.25, 0.3) is 0 Å². The molecule has 0 heterocycles. The summed E-state index contributed by atoms with van der Waals surface area (Å²) in [6.07, 6.45) is 6.40. The van der Waals surface area contributed by atoms with Crippen molar-refractivity contribution in [3.63, 3.8) is 0 Å². The van der Waals surface area contributed by atoms with Crippen molar-refractivity contribution in [1.82, 2.24) is 4.90 Å². The monoisotopic (exact) mass is 256 g/mol. The van der Waals surface area contributed by atoms with Crippen LogP contribution in [0.3, 0.4) is 0 Å². The van der Waals surface area contributed by atoms with E-state index in [-0.39, 0.29) is 5.60 Å². The summed E-state index contributed by atoms with van der Waals surface area (Å²) in [5.41, 5.74) is 5.89. The minimum absolute atomic E-state index is 0.0847. The lowest BCUT2D eigenvalue weighted by atomic mass is 9.85. The molecule has 1 rings (SSSR count). The van der Waals surface area contributed by atoms with Gasteiger partial charge in [0.05, 0.1) is 5.60 Å². The summed E-state index contributed by atoms with van der Waals surface area (Å²) in [5, 5.41) is 0. The van der Waals surface area contributed by atoms with Gasteiger partial charge in [-0.05, 0) is 46.1 Å². The molecule has 0 amide bonds. The molecule has 108 valence electrons. The van der Waals surface area contributed by atoms with Crippen molar-refractivity contribution in [3.8, 4) is 0 Å². The minimum Gasteiger partial charge on any atom is -0.379 e. The molecule has 0 radical (unpaired) electrons. The van der Waals surface area contributed by atoms with Gasteiger partial charge in [0, 0.05) is 25.7 Å². The first-order chi connectivity index (χ1) is 8.39. The van der Waals surface area contributed by atoms with E-state index in [2.05, 4.69) is 32.7 Å². The van der Waals surface area contributed by atoms with E-state index in [0.29, 0.717) is 18.6 Å². The molecule has 0 bridgehead atoms. The van der Waals surface area contributed by atoms with Crippen molar-refractivity contribution in [2.75, 3.05) is 20.7 Å². The standard InChI is InChI=1S/C15H32N2O/c1-12-7-6-8-13(9-12)17(4)14(11-16)10-15(2,3)18-5/h12-14H,6-11,16H2,1-5H3. The largest absolute Gasteiger partial charge is 0.379 e. The maximum absolute atomic E-state index is 5.98. The number of nitrogens with zero attached hydrogens (tertiary/aromatic N) is 1. The molecule has 1 fully saturated rings. The second-order valence-electron chi connectivity index (χ2n) is 6.65. The summed E-state index contributed by atoms with van der Waals surface area (Å²) in [5.74, 6) is 0.861. The Balaban J connectivity index is 2.58. The predicted octanol–water partition coefficient (Wildman–Crippen LogP) is 2.64. The molecule has 3 heteroatoms. The van der Waals surface area contributed by atoms with Crippen LogP contribution in [-0.2, 0) is 4.74 Å². The SMILES string of the molecule is COC(C)(C)CC(CN)N(C)C1CCCC(C)C1. The van der Waals surface area contributed by atoms with Crippen molar-refractivity contribution in [3.05, 3.63) is 0 Å². The van der Waals surface area contributed by atoms with Gasteiger partial charge in [0.15, 0.2) is 0 Å². The first kappa shape index (κ1) is 15.9. The van der Waals surface area contributed by atoms with Gasteiger partial charge >= 0.3 is 0 Å². The first-order valence-corrected chi connectivity index (χ1v) is 7.36. The zero-order valence-electron chi connectivity index (χ0n) is 12.9. The Labute approximate surface area is 113 Å². The number of likely N-dealkylation sites (N-methyl/N-ethyl adjacent to an activating group) is 1. The van der Waals surface area contributed by atoms with E-state index in [1.54, 1.807) is 7.11 Å². The summed E-state index contributed by atoms with van der Waals surface area (Å²) in [6, 6.07) is 1.13. The molecule has 0 saturated heterocycles. The van der Waals surface area contributed by atoms with Crippen molar-refractivity contribution < 1.29 is 4.74 Å². The lowest BCUT2D eigenvalue weighted by molar-refractivity contribution is -0.0132. The van der Waals surface area contributed by atoms with Crippen LogP contribution in [0.4, 0.5) is 0 Å². The number of methoxy groups -OCH3 is 1. The van der Waals surface area contributed by atoms with Crippen LogP contribution in [0.2, 0.25) is 0 Å². The van der Waals surface area contributed by atoms with Gasteiger partial charge in [0.1, 0.15) is 0 Å². The zero-order chi connectivity index (χ0) is 13.8. The molecule has 18 heavy (non-hydrogen) atoms. The fourth-order valence-electron chi connectivity index (χ4n) is 3.11. The second-order valence-corrected chi connectivity index (χ2v) is 6.65. The maximum Gasteiger partial charge on any atom is 0.0638 e. The van der Waals surface area contributed by atoms with Crippen LogP contribution >= 0.6 is 0 Å². The number of ether oxygens (including phenoxy) is 1. The molecule has 2 N–H and O–H groups in total. The number of hydrogen-bond acceptors (Lipinski definition) is 3. The van der Waals surface area contributed by atoms with E-state index in [1.807, 2.05) is 0 Å². The molecule has 0 aromatic rings. The van der Waals surface area contributed by atoms with E-state index in [0.717, 1.165) is 12.3 Å². The fraction of sp³-hybridized carbons (Fsp3) is 1.00. The van der Waals surface area contributed by atoms with Crippen LogP contribution in [0, 0.1) is 5.92 Å². The Kier molecular flexibility index (Phi) is 6.09. The number of nitrogens with two attached hydrogens (primary N) is 1. The van der Waals surface area contributed by atoms with Gasteiger partial charge in [-0.3, -0.25) is 4.90 Å². The van der Waals surface area contributed by atoms with E-state index in [4.69, 9.17) is 10.5 Å². The number of hydrogen-bond donors (Lipinski definition) is 1. The van der Waals surface area contributed by atoms with Gasteiger partial charge in [0.25, 0.3) is 0 Å². The lowest BCUT2D eigenvalue weighted by Crippen LogP contribution is -2.49. The predicted molar refractivity (Wildman–Crippen MR) is 77.7 cm³/mol. The van der Waals surface area contributed by atoms with Crippen molar-refractivity contribution in [2.45, 2.75) is 70.6 Å². The van der Waals surface area contributed by atoms with Gasteiger partial charge in [-0.1, -0.05) is 19.8 Å². The third-order valence-corrected chi connectivity index (χ3v) is 4.61. The van der Waals surface area contributed by atoms with Gasteiger partial charge in [0.2, 0.25) is 0 Å². The summed E-state index contributed by atoms with van der Waals surface area (Å²) in [4.78, 5) is 2.51. The lowest BCUT2D eigenvalue weighted by Gasteiger charge is -2.41. The molecule has 0 aromatic carbocycles. The summed E-state index contributed by atoms with van der Waals surface area (Å²) in [6.45, 7) is 7.38. The van der Waals surface area contributed by atoms with Gasteiger partial charge in [-0.25, -0.2) is 0 Å². The Morgan fingerprint density at radius 2 is 2.06 bits per heavy atom. The Hall–Kier alpha value is -0.120. The second kappa shape index (κ2) is 6.88. The normalized spacial score (nSPS) is 27.5. The van der Waals surface area contributed by atoms with Crippen LogP contribution in [0.5, 0.6) is 0 Å². The molecule has 1 aliphatic carbocycles. The van der Waals surface area contributed by atoms with Crippen LogP contribution in [-0.4, -0.2) is 43.3 Å². The molecule has 0 aromatic heterocycles.